The van der Waals surface area contributed by atoms with E-state index in [9.17, 15) is 4.79 Å². The van der Waals surface area contributed by atoms with Gasteiger partial charge in [-0.1, -0.05) is 31.4 Å². The first kappa shape index (κ1) is 18.3. The van der Waals surface area contributed by atoms with Crippen molar-refractivity contribution in [3.05, 3.63) is 59.7 Å². The van der Waals surface area contributed by atoms with E-state index in [0.717, 1.165) is 24.6 Å². The van der Waals surface area contributed by atoms with Gasteiger partial charge in [0.1, 0.15) is 5.75 Å². The van der Waals surface area contributed by atoms with Crippen LogP contribution in [0.3, 0.4) is 0 Å². The molecule has 1 aliphatic rings. The Kier molecular flexibility index (Phi) is 6.53. The van der Waals surface area contributed by atoms with Crippen LogP contribution in [0, 0.1) is 0 Å². The van der Waals surface area contributed by atoms with Crippen LogP contribution in [0.25, 0.3) is 0 Å². The molecule has 26 heavy (non-hydrogen) atoms. The molecule has 3 rings (SSSR count). The number of nitrogens with one attached hydrogen (secondary N) is 1. The standard InChI is InChI=1S/C22H27NO3/c24-22(25)19-9-13-21(14-10-19)26-16-4-15-23-20-11-7-18(8-12-20)17-5-2-1-3-6-17/h7-14,17,23H,1-6,15-16H2,(H,24,25). The molecule has 0 amide bonds. The summed E-state index contributed by atoms with van der Waals surface area (Å²) in [6.45, 7) is 1.44. The van der Waals surface area contributed by atoms with Gasteiger partial charge in [-0.05, 0) is 67.1 Å². The molecule has 0 saturated heterocycles. The molecule has 138 valence electrons. The predicted octanol–water partition coefficient (Wildman–Crippen LogP) is 5.31. The second kappa shape index (κ2) is 9.27. The number of carbonyl (C=O) groups is 1. The molecule has 0 radical (unpaired) electrons. The number of benzene rings is 2. The Balaban J connectivity index is 1.36. The molecular formula is C22H27NO3. The third-order valence-corrected chi connectivity index (χ3v) is 5.01. The van der Waals surface area contributed by atoms with E-state index in [0.29, 0.717) is 12.4 Å². The SMILES string of the molecule is O=C(O)c1ccc(OCCCNc2ccc(C3CCCCC3)cc2)cc1. The highest BCUT2D eigenvalue weighted by Crippen LogP contribution is 2.32. The molecule has 0 bridgehead atoms. The van der Waals surface area contributed by atoms with Crippen molar-refractivity contribution in [3.63, 3.8) is 0 Å². The van der Waals surface area contributed by atoms with Gasteiger partial charge in [-0.2, -0.15) is 0 Å². The van der Waals surface area contributed by atoms with E-state index in [2.05, 4.69) is 29.6 Å². The summed E-state index contributed by atoms with van der Waals surface area (Å²) in [5.41, 5.74) is 2.90. The molecule has 0 aliphatic heterocycles. The third kappa shape index (κ3) is 5.25. The Bertz CT molecular complexity index is 688. The van der Waals surface area contributed by atoms with Gasteiger partial charge >= 0.3 is 5.97 Å². The van der Waals surface area contributed by atoms with E-state index < -0.39 is 5.97 Å². The van der Waals surface area contributed by atoms with Crippen LogP contribution in [0.5, 0.6) is 5.75 Å². The average molecular weight is 353 g/mol. The zero-order valence-electron chi connectivity index (χ0n) is 15.1. The van der Waals surface area contributed by atoms with Crippen LogP contribution in [0.2, 0.25) is 0 Å². The molecule has 0 aromatic heterocycles. The van der Waals surface area contributed by atoms with Crippen molar-refractivity contribution in [3.8, 4) is 5.75 Å². The molecule has 0 spiro atoms. The Morgan fingerprint density at radius 3 is 2.35 bits per heavy atom. The lowest BCUT2D eigenvalue weighted by atomic mass is 9.84. The summed E-state index contributed by atoms with van der Waals surface area (Å²) in [5.74, 6) is 0.529. The zero-order valence-corrected chi connectivity index (χ0v) is 15.1. The second-order valence-corrected chi connectivity index (χ2v) is 6.92. The van der Waals surface area contributed by atoms with Crippen molar-refractivity contribution < 1.29 is 14.6 Å². The lowest BCUT2D eigenvalue weighted by molar-refractivity contribution is 0.0697. The van der Waals surface area contributed by atoms with Crippen LogP contribution in [0.1, 0.15) is 60.4 Å². The van der Waals surface area contributed by atoms with Crippen molar-refractivity contribution in [2.24, 2.45) is 0 Å². The van der Waals surface area contributed by atoms with E-state index in [1.165, 1.54) is 37.7 Å². The molecule has 1 aliphatic carbocycles. The molecule has 2 aromatic rings. The highest BCUT2D eigenvalue weighted by molar-refractivity contribution is 5.87. The minimum atomic E-state index is -0.921. The summed E-state index contributed by atoms with van der Waals surface area (Å²) < 4.78 is 5.64. The van der Waals surface area contributed by atoms with Gasteiger partial charge in [0.2, 0.25) is 0 Å². The third-order valence-electron chi connectivity index (χ3n) is 5.01. The minimum absolute atomic E-state index is 0.274. The number of anilines is 1. The first-order chi connectivity index (χ1) is 12.7. The maximum absolute atomic E-state index is 10.8. The molecule has 1 saturated carbocycles. The molecule has 2 N–H and O–H groups in total. The van der Waals surface area contributed by atoms with Crippen molar-refractivity contribution in [2.75, 3.05) is 18.5 Å². The molecule has 0 heterocycles. The summed E-state index contributed by atoms with van der Waals surface area (Å²) in [4.78, 5) is 10.8. The highest BCUT2D eigenvalue weighted by atomic mass is 16.5. The monoisotopic (exact) mass is 353 g/mol. The van der Waals surface area contributed by atoms with E-state index in [-0.39, 0.29) is 5.56 Å². The van der Waals surface area contributed by atoms with Gasteiger partial charge in [0.25, 0.3) is 0 Å². The number of hydrogen-bond donors (Lipinski definition) is 2. The summed E-state index contributed by atoms with van der Waals surface area (Å²) in [6, 6.07) is 15.4. The van der Waals surface area contributed by atoms with Crippen molar-refractivity contribution in [1.29, 1.82) is 0 Å². The Labute approximate surface area is 155 Å². The fraction of sp³-hybridized carbons (Fsp3) is 0.409. The quantitative estimate of drug-likeness (QED) is 0.631. The van der Waals surface area contributed by atoms with E-state index >= 15 is 0 Å². The summed E-state index contributed by atoms with van der Waals surface area (Å²) in [6.07, 6.45) is 7.66. The Hall–Kier alpha value is -2.49. The largest absolute Gasteiger partial charge is 0.494 e. The van der Waals surface area contributed by atoms with Crippen molar-refractivity contribution >= 4 is 11.7 Å². The minimum Gasteiger partial charge on any atom is -0.494 e. The van der Waals surface area contributed by atoms with Crippen LogP contribution in [0.4, 0.5) is 5.69 Å². The molecule has 0 atom stereocenters. The number of carboxylic acids is 1. The fourth-order valence-corrected chi connectivity index (χ4v) is 3.50. The molecular weight excluding hydrogens is 326 g/mol. The molecule has 4 heteroatoms. The van der Waals surface area contributed by atoms with Crippen molar-refractivity contribution in [1.82, 2.24) is 0 Å². The van der Waals surface area contributed by atoms with Gasteiger partial charge in [0, 0.05) is 12.2 Å². The highest BCUT2D eigenvalue weighted by Gasteiger charge is 2.14. The van der Waals surface area contributed by atoms with Crippen molar-refractivity contribution in [2.45, 2.75) is 44.4 Å². The topological polar surface area (TPSA) is 58.6 Å². The van der Waals surface area contributed by atoms with Crippen LogP contribution in [-0.4, -0.2) is 24.2 Å². The Morgan fingerprint density at radius 1 is 1.00 bits per heavy atom. The van der Waals surface area contributed by atoms with E-state index in [1.54, 1.807) is 24.3 Å². The summed E-state index contributed by atoms with van der Waals surface area (Å²) in [7, 11) is 0. The van der Waals surface area contributed by atoms with E-state index in [4.69, 9.17) is 9.84 Å². The molecule has 4 nitrogen and oxygen atoms in total. The Morgan fingerprint density at radius 2 is 1.69 bits per heavy atom. The van der Waals surface area contributed by atoms with Gasteiger partial charge in [0.05, 0.1) is 12.2 Å². The number of aromatic carboxylic acids is 1. The first-order valence-electron chi connectivity index (χ1n) is 9.52. The number of carboxylic acid groups (broad SMARTS) is 1. The normalized spacial score (nSPS) is 14.8. The smallest absolute Gasteiger partial charge is 0.335 e. The van der Waals surface area contributed by atoms with Crippen LogP contribution in [-0.2, 0) is 0 Å². The second-order valence-electron chi connectivity index (χ2n) is 6.92. The van der Waals surface area contributed by atoms with E-state index in [1.807, 2.05) is 0 Å². The lowest BCUT2D eigenvalue weighted by Gasteiger charge is -2.22. The van der Waals surface area contributed by atoms with Crippen LogP contribution in [0.15, 0.2) is 48.5 Å². The average Bonchev–Trinajstić information content (AvgIpc) is 2.69. The number of hydrogen-bond acceptors (Lipinski definition) is 3. The zero-order chi connectivity index (χ0) is 18.2. The van der Waals surface area contributed by atoms with Crippen LogP contribution >= 0.6 is 0 Å². The number of rotatable bonds is 8. The van der Waals surface area contributed by atoms with Gasteiger partial charge in [0.15, 0.2) is 0 Å². The molecule has 1 fully saturated rings. The van der Waals surface area contributed by atoms with Gasteiger partial charge in [-0.3, -0.25) is 0 Å². The first-order valence-corrected chi connectivity index (χ1v) is 9.52. The summed E-state index contributed by atoms with van der Waals surface area (Å²) in [5, 5.41) is 12.3. The van der Waals surface area contributed by atoms with Gasteiger partial charge in [-0.25, -0.2) is 4.79 Å². The van der Waals surface area contributed by atoms with Gasteiger partial charge < -0.3 is 15.2 Å². The maximum Gasteiger partial charge on any atom is 0.335 e. The molecule has 0 unspecified atom stereocenters. The number of ether oxygens (including phenoxy) is 1. The fourth-order valence-electron chi connectivity index (χ4n) is 3.50. The maximum atomic E-state index is 10.8. The predicted molar refractivity (Wildman–Crippen MR) is 104 cm³/mol. The molecule has 2 aromatic carbocycles. The lowest BCUT2D eigenvalue weighted by Crippen LogP contribution is -2.08. The van der Waals surface area contributed by atoms with Gasteiger partial charge in [-0.15, -0.1) is 0 Å². The summed E-state index contributed by atoms with van der Waals surface area (Å²) >= 11 is 0. The van der Waals surface area contributed by atoms with Crippen LogP contribution < -0.4 is 10.1 Å².